The molecule has 2 unspecified atom stereocenters. The van der Waals surface area contributed by atoms with E-state index in [4.69, 9.17) is 14.5 Å². The zero-order chi connectivity index (χ0) is 35.2. The molecule has 8 N–H and O–H groups in total. The number of aliphatic hydroxyl groups is 1. The van der Waals surface area contributed by atoms with Crippen LogP contribution in [-0.2, 0) is 52.1 Å². The molecule has 1 aromatic rings. The van der Waals surface area contributed by atoms with Crippen molar-refractivity contribution in [2.75, 3.05) is 32.8 Å². The number of aromatic nitrogens is 2. The van der Waals surface area contributed by atoms with E-state index >= 15 is 0 Å². The number of H-pyrrole nitrogens is 1. The first kappa shape index (κ1) is 39.0. The average Bonchev–Trinajstić information content (AvgIpc) is 3.31. The second-order valence-electron chi connectivity index (χ2n) is 9.95. The molecule has 47 heavy (non-hydrogen) atoms. The second kappa shape index (κ2) is 16.3. The van der Waals surface area contributed by atoms with Crippen molar-refractivity contribution in [3.8, 4) is 0 Å². The summed E-state index contributed by atoms with van der Waals surface area (Å²) in [7, 11) is -19.6. The van der Waals surface area contributed by atoms with E-state index in [1.54, 1.807) is 0 Å². The monoisotopic (exact) mass is 755 g/mol. The van der Waals surface area contributed by atoms with Crippen molar-refractivity contribution in [1.82, 2.24) is 24.5 Å². The molecule has 2 amide bonds. The number of nitrogens with one attached hydrogen (secondary N) is 3. The Bertz CT molecular complexity index is 1670. The van der Waals surface area contributed by atoms with Gasteiger partial charge in [-0.05, 0) is 18.9 Å². The van der Waals surface area contributed by atoms with Gasteiger partial charge < -0.3 is 40.1 Å². The van der Waals surface area contributed by atoms with Crippen LogP contribution in [0.15, 0.2) is 21.9 Å². The van der Waals surface area contributed by atoms with Gasteiger partial charge in [-0.15, -0.1) is 0 Å². The molecule has 0 spiro atoms. The zero-order valence-corrected chi connectivity index (χ0v) is 27.5. The third-order valence-electron chi connectivity index (χ3n) is 6.54. The molecule has 2 aliphatic heterocycles. The lowest BCUT2D eigenvalue weighted by atomic mass is 9.97. The highest BCUT2D eigenvalue weighted by molar-refractivity contribution is 7.69. The van der Waals surface area contributed by atoms with Gasteiger partial charge in [0.25, 0.3) is 5.56 Å². The fourth-order valence-electron chi connectivity index (χ4n) is 4.37. The number of carbonyl (C=O) groups is 2. The lowest BCUT2D eigenvalue weighted by molar-refractivity contribution is -0.126. The number of hydrogen-bond acceptors (Lipinski definition) is 14. The van der Waals surface area contributed by atoms with Crippen molar-refractivity contribution in [3.05, 3.63) is 38.7 Å². The summed E-state index contributed by atoms with van der Waals surface area (Å²) in [5.74, 6) is -1.30. The number of hydrogen-bond donors (Lipinski definition) is 9. The van der Waals surface area contributed by atoms with Crippen LogP contribution in [0.4, 0.5) is 0 Å². The number of aliphatic hydroxyl groups excluding tert-OH is 1. The van der Waals surface area contributed by atoms with Crippen molar-refractivity contribution in [3.63, 3.8) is 0 Å². The fourth-order valence-corrected chi connectivity index (χ4v) is 7.96. The first-order valence-electron chi connectivity index (χ1n) is 13.4. The first-order chi connectivity index (χ1) is 21.7. The van der Waals surface area contributed by atoms with Gasteiger partial charge in [-0.1, -0.05) is 0 Å². The molecule has 266 valence electrons. The average molecular weight is 755 g/mol. The SMILES string of the molecule is O=C(/C=C/c1cn([C@H]2C[C@@H](O)[C@@H](COP(=O)(O)OP(=O)(O)OP(=O)(O)O)O2)c(=O)[nH]c1=O)NCCNC(=O)C1CCN([SH](=O)=O)CC1. The molecular weight excluding hydrogens is 723 g/mol. The predicted octanol–water partition coefficient (Wildman–Crippen LogP) is -2.99. The minimum absolute atomic E-state index is 0.0195. The van der Waals surface area contributed by atoms with E-state index in [1.165, 1.54) is 4.31 Å². The minimum Gasteiger partial charge on any atom is -0.390 e. The maximum atomic E-state index is 12.4. The van der Waals surface area contributed by atoms with Crippen LogP contribution < -0.4 is 21.9 Å². The van der Waals surface area contributed by atoms with Gasteiger partial charge in [-0.3, -0.25) is 28.5 Å². The van der Waals surface area contributed by atoms with E-state index in [0.717, 1.165) is 22.9 Å². The fraction of sp³-hybridized carbons (Fsp3) is 0.600. The van der Waals surface area contributed by atoms with E-state index in [1.807, 2.05) is 4.98 Å². The Morgan fingerprint density at radius 3 is 2.30 bits per heavy atom. The molecule has 0 saturated carbocycles. The highest BCUT2D eigenvalue weighted by Crippen LogP contribution is 2.66. The lowest BCUT2D eigenvalue weighted by Crippen LogP contribution is -2.42. The molecule has 3 rings (SSSR count). The number of ether oxygens (including phenoxy) is 1. The van der Waals surface area contributed by atoms with Crippen LogP contribution in [0.1, 0.15) is 31.1 Å². The zero-order valence-electron chi connectivity index (χ0n) is 23.9. The van der Waals surface area contributed by atoms with E-state index in [9.17, 15) is 56.2 Å². The highest BCUT2D eigenvalue weighted by Gasteiger charge is 2.43. The number of thiol groups is 1. The van der Waals surface area contributed by atoms with Crippen LogP contribution in [0.25, 0.3) is 6.08 Å². The minimum atomic E-state index is -5.78. The molecule has 0 aromatic carbocycles. The maximum absolute atomic E-state index is 12.4. The standard InChI is InChI=1S/C20H32N5O18P3S/c26-14-9-17(41-15(14)11-40-45(34,35)43-46(36,37)42-44(31,32)33)25-10-13(19(29)23-20(25)30)1-2-16(27)21-5-6-22-18(28)12-3-7-24(8-4-12)47(38)39/h1-2,10,12,14-15,17,26,47H,3-9,11H2,(H,21,27)(H,22,28)(H,34,35)(H,36,37)(H,23,29,30)(H2,31,32,33)/b2-1+/t14-,15-,17-/m1/s1. The predicted molar refractivity (Wildman–Crippen MR) is 155 cm³/mol. The van der Waals surface area contributed by atoms with Crippen LogP contribution in [0.3, 0.4) is 0 Å². The summed E-state index contributed by atoms with van der Waals surface area (Å²) in [6, 6.07) is 0. The number of amides is 2. The number of aromatic amines is 1. The largest absolute Gasteiger partial charge is 0.490 e. The smallest absolute Gasteiger partial charge is 0.390 e. The number of rotatable bonds is 15. The number of carbonyl (C=O) groups excluding carboxylic acids is 2. The lowest BCUT2D eigenvalue weighted by Gasteiger charge is -2.26. The van der Waals surface area contributed by atoms with E-state index in [-0.39, 0.29) is 50.0 Å². The Morgan fingerprint density at radius 2 is 1.68 bits per heavy atom. The Balaban J connectivity index is 1.51. The van der Waals surface area contributed by atoms with Gasteiger partial charge in [0.05, 0.1) is 18.3 Å². The molecular formula is C20H32N5O18P3S. The number of phosphoric acid groups is 3. The number of nitrogens with zero attached hydrogens (tertiary/aromatic N) is 2. The van der Waals surface area contributed by atoms with Gasteiger partial charge in [-0.25, -0.2) is 31.2 Å². The Morgan fingerprint density at radius 1 is 1.04 bits per heavy atom. The molecule has 27 heteroatoms. The molecule has 1 aromatic heterocycles. The summed E-state index contributed by atoms with van der Waals surface area (Å²) in [4.78, 5) is 87.1. The molecule has 5 atom stereocenters. The Hall–Kier alpha value is -2.40. The van der Waals surface area contributed by atoms with Crippen LogP contribution in [0, 0.1) is 5.92 Å². The van der Waals surface area contributed by atoms with Gasteiger partial charge in [0.15, 0.2) is 0 Å². The van der Waals surface area contributed by atoms with Crippen molar-refractivity contribution in [2.45, 2.75) is 37.7 Å². The maximum Gasteiger partial charge on any atom is 0.490 e. The van der Waals surface area contributed by atoms with Crippen molar-refractivity contribution < 1.29 is 74.3 Å². The van der Waals surface area contributed by atoms with Crippen LogP contribution in [0.5, 0.6) is 0 Å². The van der Waals surface area contributed by atoms with Crippen molar-refractivity contribution >= 4 is 52.2 Å². The Kier molecular flexibility index (Phi) is 13.6. The van der Waals surface area contributed by atoms with Crippen LogP contribution >= 0.6 is 23.5 Å². The molecule has 0 bridgehead atoms. The van der Waals surface area contributed by atoms with Gasteiger partial charge in [-0.2, -0.15) is 8.62 Å². The summed E-state index contributed by atoms with van der Waals surface area (Å²) in [6.07, 6.45) is -0.761. The van der Waals surface area contributed by atoms with E-state index in [2.05, 4.69) is 23.8 Å². The summed E-state index contributed by atoms with van der Waals surface area (Å²) in [5.41, 5.74) is -2.09. The van der Waals surface area contributed by atoms with Crippen LogP contribution in [0.2, 0.25) is 0 Å². The van der Waals surface area contributed by atoms with Gasteiger partial charge in [0, 0.05) is 50.8 Å². The van der Waals surface area contributed by atoms with Gasteiger partial charge in [0.2, 0.25) is 22.7 Å². The van der Waals surface area contributed by atoms with Crippen molar-refractivity contribution in [2.24, 2.45) is 5.92 Å². The molecule has 0 radical (unpaired) electrons. The summed E-state index contributed by atoms with van der Waals surface area (Å²) < 4.78 is 75.3. The third kappa shape index (κ3) is 12.5. The number of piperidine rings is 1. The van der Waals surface area contributed by atoms with Gasteiger partial charge in [0.1, 0.15) is 12.3 Å². The summed E-state index contributed by atoms with van der Waals surface area (Å²) in [5, 5.41) is 15.4. The number of phosphoric ester groups is 1. The molecule has 3 heterocycles. The molecule has 2 aliphatic rings. The Labute approximate surface area is 266 Å². The third-order valence-corrected chi connectivity index (χ3v) is 11.2. The molecule has 23 nitrogen and oxygen atoms in total. The molecule has 2 saturated heterocycles. The summed E-state index contributed by atoms with van der Waals surface area (Å²) in [6.45, 7) is -0.409. The molecule has 2 fully saturated rings. The van der Waals surface area contributed by atoms with E-state index < -0.39 is 76.6 Å². The topological polar surface area (TPSA) is 340 Å². The van der Waals surface area contributed by atoms with E-state index in [0.29, 0.717) is 12.8 Å². The van der Waals surface area contributed by atoms with Crippen LogP contribution in [-0.4, -0.2) is 104 Å². The molecule has 0 aliphatic carbocycles. The normalized spacial score (nSPS) is 23.8. The van der Waals surface area contributed by atoms with Crippen molar-refractivity contribution in [1.29, 1.82) is 0 Å². The second-order valence-corrected chi connectivity index (χ2v) is 15.4. The first-order valence-corrected chi connectivity index (χ1v) is 19.0. The van der Waals surface area contributed by atoms with Gasteiger partial charge >= 0.3 is 29.2 Å². The quantitative estimate of drug-likeness (QED) is 0.0373. The highest BCUT2D eigenvalue weighted by atomic mass is 32.2. The summed E-state index contributed by atoms with van der Waals surface area (Å²) >= 11 is 0.